The largest absolute Gasteiger partial charge is 0.349 e. The van der Waals surface area contributed by atoms with Gasteiger partial charge >= 0.3 is 0 Å². The van der Waals surface area contributed by atoms with Crippen LogP contribution in [0.2, 0.25) is 0 Å². The summed E-state index contributed by atoms with van der Waals surface area (Å²) < 4.78 is 0. The third-order valence-corrected chi connectivity index (χ3v) is 3.51. The number of hydrogen-bond acceptors (Lipinski definition) is 2. The van der Waals surface area contributed by atoms with Crippen molar-refractivity contribution in [3.63, 3.8) is 0 Å². The van der Waals surface area contributed by atoms with Gasteiger partial charge in [-0.25, -0.2) is 0 Å². The zero-order valence-electron chi connectivity index (χ0n) is 10.4. The summed E-state index contributed by atoms with van der Waals surface area (Å²) in [5, 5.41) is 3.16. The van der Waals surface area contributed by atoms with Crippen LogP contribution >= 0.6 is 12.4 Å². The van der Waals surface area contributed by atoms with Crippen molar-refractivity contribution in [3.8, 4) is 0 Å². The molecule has 0 saturated heterocycles. The minimum atomic E-state index is -0.0842. The number of hydrogen-bond donors (Lipinski definition) is 2. The molecule has 0 aromatic carbocycles. The first-order chi connectivity index (χ1) is 7.13. The first-order valence-corrected chi connectivity index (χ1v) is 6.15. The number of carbonyl (C=O) groups is 1. The van der Waals surface area contributed by atoms with E-state index in [0.29, 0.717) is 6.54 Å². The van der Waals surface area contributed by atoms with E-state index in [9.17, 15) is 4.79 Å². The third kappa shape index (κ3) is 3.95. The Morgan fingerprint density at radius 1 is 1.44 bits per heavy atom. The maximum absolute atomic E-state index is 11.9. The van der Waals surface area contributed by atoms with Crippen molar-refractivity contribution in [2.75, 3.05) is 6.54 Å². The highest BCUT2D eigenvalue weighted by Crippen LogP contribution is 2.29. The van der Waals surface area contributed by atoms with Gasteiger partial charge in [0.2, 0.25) is 5.91 Å². The first kappa shape index (κ1) is 15.7. The summed E-state index contributed by atoms with van der Waals surface area (Å²) in [6.07, 6.45) is 6.51. The van der Waals surface area contributed by atoms with Gasteiger partial charge in [0.25, 0.3) is 0 Å². The van der Waals surface area contributed by atoms with Gasteiger partial charge in [-0.05, 0) is 19.3 Å². The lowest BCUT2D eigenvalue weighted by molar-refractivity contribution is -0.126. The molecule has 1 atom stereocenters. The Morgan fingerprint density at radius 3 is 2.44 bits per heavy atom. The molecule has 0 bridgehead atoms. The van der Waals surface area contributed by atoms with Gasteiger partial charge in [-0.1, -0.05) is 33.1 Å². The molecule has 16 heavy (non-hydrogen) atoms. The van der Waals surface area contributed by atoms with E-state index in [2.05, 4.69) is 12.2 Å². The molecule has 0 radical (unpaired) electrons. The molecule has 0 aliphatic heterocycles. The van der Waals surface area contributed by atoms with E-state index in [1.165, 1.54) is 12.8 Å². The second-order valence-electron chi connectivity index (χ2n) is 4.87. The van der Waals surface area contributed by atoms with Crippen LogP contribution < -0.4 is 11.1 Å². The maximum atomic E-state index is 11.9. The normalized spacial score (nSPS) is 19.9. The second-order valence-corrected chi connectivity index (χ2v) is 4.87. The molecule has 1 unspecified atom stereocenters. The van der Waals surface area contributed by atoms with Crippen LogP contribution in [0.1, 0.15) is 52.4 Å². The molecular formula is C12H25ClN2O. The van der Waals surface area contributed by atoms with Crippen molar-refractivity contribution in [2.24, 2.45) is 11.7 Å². The van der Waals surface area contributed by atoms with Gasteiger partial charge in [0.05, 0.1) is 5.54 Å². The van der Waals surface area contributed by atoms with E-state index < -0.39 is 0 Å². The van der Waals surface area contributed by atoms with Crippen LogP contribution in [0.3, 0.4) is 0 Å². The molecule has 1 saturated carbocycles. The van der Waals surface area contributed by atoms with Crippen LogP contribution in [0.15, 0.2) is 0 Å². The Morgan fingerprint density at radius 2 is 2.00 bits per heavy atom. The fourth-order valence-corrected chi connectivity index (χ4v) is 2.38. The zero-order chi connectivity index (χ0) is 11.3. The van der Waals surface area contributed by atoms with Gasteiger partial charge in [0.15, 0.2) is 0 Å². The fourth-order valence-electron chi connectivity index (χ4n) is 2.38. The van der Waals surface area contributed by atoms with Crippen molar-refractivity contribution >= 4 is 18.3 Å². The molecule has 0 aromatic heterocycles. The first-order valence-electron chi connectivity index (χ1n) is 6.15. The summed E-state index contributed by atoms with van der Waals surface area (Å²) in [5.74, 6) is 0.309. The average Bonchev–Trinajstić information content (AvgIpc) is 2.67. The molecule has 3 nitrogen and oxygen atoms in total. The molecule has 1 amide bonds. The summed E-state index contributed by atoms with van der Waals surface area (Å²) in [6, 6.07) is 0. The summed E-state index contributed by atoms with van der Waals surface area (Å²) >= 11 is 0. The van der Waals surface area contributed by atoms with E-state index in [1.54, 1.807) is 0 Å². The van der Waals surface area contributed by atoms with Crippen LogP contribution in [0.25, 0.3) is 0 Å². The van der Waals surface area contributed by atoms with Gasteiger partial charge in [-0.2, -0.15) is 0 Å². The number of halogens is 1. The molecule has 0 spiro atoms. The molecular weight excluding hydrogens is 224 g/mol. The average molecular weight is 249 g/mol. The van der Waals surface area contributed by atoms with E-state index in [-0.39, 0.29) is 29.8 Å². The molecule has 1 aliphatic rings. The van der Waals surface area contributed by atoms with Crippen molar-refractivity contribution in [1.29, 1.82) is 0 Å². The van der Waals surface area contributed by atoms with Crippen molar-refractivity contribution in [3.05, 3.63) is 0 Å². The van der Waals surface area contributed by atoms with Gasteiger partial charge in [-0.15, -0.1) is 12.4 Å². The summed E-state index contributed by atoms with van der Waals surface area (Å²) in [5.41, 5.74) is 5.69. The number of carbonyl (C=O) groups excluding carboxylic acids is 1. The van der Waals surface area contributed by atoms with Crippen molar-refractivity contribution in [2.45, 2.75) is 57.9 Å². The van der Waals surface area contributed by atoms with Crippen molar-refractivity contribution < 1.29 is 4.79 Å². The molecule has 1 fully saturated rings. The van der Waals surface area contributed by atoms with Crippen LogP contribution in [0, 0.1) is 5.92 Å². The SMILES string of the molecule is CCCC(C)C(=O)NC1(CN)CCCC1.Cl. The van der Waals surface area contributed by atoms with Crippen LogP contribution in [-0.4, -0.2) is 18.0 Å². The number of nitrogens with one attached hydrogen (secondary N) is 1. The molecule has 0 aromatic rings. The van der Waals surface area contributed by atoms with Gasteiger partial charge < -0.3 is 11.1 Å². The predicted molar refractivity (Wildman–Crippen MR) is 69.7 cm³/mol. The standard InChI is InChI=1S/C12H24N2O.ClH/c1-3-6-10(2)11(15)14-12(9-13)7-4-5-8-12;/h10H,3-9,13H2,1-2H3,(H,14,15);1H. The minimum Gasteiger partial charge on any atom is -0.349 e. The minimum absolute atomic E-state index is 0. The van der Waals surface area contributed by atoms with E-state index >= 15 is 0 Å². The third-order valence-electron chi connectivity index (χ3n) is 3.51. The lowest BCUT2D eigenvalue weighted by Gasteiger charge is -2.30. The molecule has 96 valence electrons. The van der Waals surface area contributed by atoms with Gasteiger partial charge in [-0.3, -0.25) is 4.79 Å². The lowest BCUT2D eigenvalue weighted by atomic mass is 9.95. The summed E-state index contributed by atoms with van der Waals surface area (Å²) in [7, 11) is 0. The number of amides is 1. The van der Waals surface area contributed by atoms with Crippen LogP contribution in [-0.2, 0) is 4.79 Å². The van der Waals surface area contributed by atoms with E-state index in [1.807, 2.05) is 6.92 Å². The Hall–Kier alpha value is -0.280. The van der Waals surface area contributed by atoms with E-state index in [0.717, 1.165) is 25.7 Å². The van der Waals surface area contributed by atoms with E-state index in [4.69, 9.17) is 5.73 Å². The highest BCUT2D eigenvalue weighted by Gasteiger charge is 2.34. The second kappa shape index (κ2) is 7.13. The number of rotatable bonds is 5. The molecule has 1 rings (SSSR count). The Kier molecular flexibility index (Phi) is 7.00. The topological polar surface area (TPSA) is 55.1 Å². The quantitative estimate of drug-likeness (QED) is 0.784. The lowest BCUT2D eigenvalue weighted by Crippen LogP contribution is -2.53. The van der Waals surface area contributed by atoms with Crippen LogP contribution in [0.5, 0.6) is 0 Å². The highest BCUT2D eigenvalue weighted by atomic mass is 35.5. The van der Waals surface area contributed by atoms with Gasteiger partial charge in [0, 0.05) is 12.5 Å². The Labute approximate surface area is 105 Å². The maximum Gasteiger partial charge on any atom is 0.223 e. The number of nitrogens with two attached hydrogens (primary N) is 1. The molecule has 3 N–H and O–H groups in total. The van der Waals surface area contributed by atoms with Crippen molar-refractivity contribution in [1.82, 2.24) is 5.32 Å². The Bertz CT molecular complexity index is 215. The molecule has 0 heterocycles. The monoisotopic (exact) mass is 248 g/mol. The fraction of sp³-hybridized carbons (Fsp3) is 0.917. The molecule has 1 aliphatic carbocycles. The predicted octanol–water partition coefficient (Wildman–Crippen LogP) is 2.23. The summed E-state index contributed by atoms with van der Waals surface area (Å²) in [4.78, 5) is 11.9. The Balaban J connectivity index is 0.00000225. The van der Waals surface area contributed by atoms with Crippen LogP contribution in [0.4, 0.5) is 0 Å². The highest BCUT2D eigenvalue weighted by molar-refractivity contribution is 5.85. The molecule has 4 heteroatoms. The smallest absolute Gasteiger partial charge is 0.223 e. The van der Waals surface area contributed by atoms with Gasteiger partial charge in [0.1, 0.15) is 0 Å². The zero-order valence-corrected chi connectivity index (χ0v) is 11.2. The summed E-state index contributed by atoms with van der Waals surface area (Å²) in [6.45, 7) is 4.69.